The van der Waals surface area contributed by atoms with E-state index in [1.807, 2.05) is 20.8 Å². The first-order valence-corrected chi connectivity index (χ1v) is 13.7. The molecule has 12 nitrogen and oxygen atoms in total. The van der Waals surface area contributed by atoms with E-state index in [4.69, 9.17) is 38.9 Å². The van der Waals surface area contributed by atoms with Gasteiger partial charge in [-0.25, -0.2) is 14.4 Å². The molecule has 1 aromatic carbocycles. The SMILES string of the molecule is CCCCOC(=O)Oc1ccc(C[C@H](N)C(=O)O[C@@H](C)C(C)OC(=O)OCCCC)cc1OC(=O)OCCCC. The minimum Gasteiger partial charge on any atom is -0.458 e. The Bertz CT molecular complexity index is 937. The van der Waals surface area contributed by atoms with Crippen LogP contribution in [0.4, 0.5) is 14.4 Å². The fourth-order valence-electron chi connectivity index (χ4n) is 2.97. The molecule has 0 amide bonds. The van der Waals surface area contributed by atoms with Crippen LogP contribution in [0, 0.1) is 0 Å². The van der Waals surface area contributed by atoms with Gasteiger partial charge in [-0.05, 0) is 57.2 Å². The van der Waals surface area contributed by atoms with Crippen molar-refractivity contribution in [3.8, 4) is 11.5 Å². The number of rotatable bonds is 17. The molecule has 0 radical (unpaired) electrons. The molecule has 0 spiro atoms. The predicted octanol–water partition coefficient (Wildman–Crippen LogP) is 5.46. The Balaban J connectivity index is 2.84. The highest BCUT2D eigenvalue weighted by Gasteiger charge is 2.25. The van der Waals surface area contributed by atoms with Crippen LogP contribution >= 0.6 is 0 Å². The van der Waals surface area contributed by atoms with E-state index in [0.717, 1.165) is 19.3 Å². The van der Waals surface area contributed by atoms with E-state index in [9.17, 15) is 19.2 Å². The Hall–Kier alpha value is -3.54. The van der Waals surface area contributed by atoms with Crippen LogP contribution in [0.25, 0.3) is 0 Å². The van der Waals surface area contributed by atoms with Gasteiger partial charge in [0.25, 0.3) is 0 Å². The summed E-state index contributed by atoms with van der Waals surface area (Å²) in [7, 11) is 0. The summed E-state index contributed by atoms with van der Waals surface area (Å²) in [6.45, 7) is 9.58. The fourth-order valence-corrected chi connectivity index (χ4v) is 2.97. The van der Waals surface area contributed by atoms with Crippen molar-refractivity contribution in [2.45, 2.75) is 97.8 Å². The zero-order chi connectivity index (χ0) is 29.9. The molecule has 0 aliphatic rings. The first kappa shape index (κ1) is 34.5. The van der Waals surface area contributed by atoms with Crippen molar-refractivity contribution in [2.24, 2.45) is 5.73 Å². The molecule has 2 N–H and O–H groups in total. The molecule has 0 aliphatic carbocycles. The summed E-state index contributed by atoms with van der Waals surface area (Å²) >= 11 is 0. The molecule has 1 aromatic rings. The molecule has 0 aromatic heterocycles. The second kappa shape index (κ2) is 19.5. The van der Waals surface area contributed by atoms with Gasteiger partial charge < -0.3 is 38.9 Å². The largest absolute Gasteiger partial charge is 0.513 e. The summed E-state index contributed by atoms with van der Waals surface area (Å²) in [4.78, 5) is 48.5. The number of esters is 1. The summed E-state index contributed by atoms with van der Waals surface area (Å²) in [6, 6.07) is 3.26. The van der Waals surface area contributed by atoms with Crippen LogP contribution < -0.4 is 15.2 Å². The number of hydrogen-bond acceptors (Lipinski definition) is 12. The van der Waals surface area contributed by atoms with Gasteiger partial charge in [0.2, 0.25) is 0 Å². The molecule has 3 atom stereocenters. The van der Waals surface area contributed by atoms with E-state index in [-0.39, 0.29) is 37.7 Å². The average molecular weight is 570 g/mol. The van der Waals surface area contributed by atoms with Crippen LogP contribution in [0.15, 0.2) is 18.2 Å². The molecule has 1 unspecified atom stereocenters. The van der Waals surface area contributed by atoms with Gasteiger partial charge in [-0.2, -0.15) is 0 Å². The molecule has 12 heteroatoms. The third kappa shape index (κ3) is 14.0. The van der Waals surface area contributed by atoms with E-state index in [2.05, 4.69) is 0 Å². The van der Waals surface area contributed by atoms with Gasteiger partial charge in [0.15, 0.2) is 11.5 Å². The molecule has 226 valence electrons. The van der Waals surface area contributed by atoms with Crippen molar-refractivity contribution in [3.05, 3.63) is 23.8 Å². The number of unbranched alkanes of at least 4 members (excludes halogenated alkanes) is 3. The summed E-state index contributed by atoms with van der Waals surface area (Å²) in [5.41, 5.74) is 6.54. The molecule has 0 saturated heterocycles. The molecule has 0 heterocycles. The summed E-state index contributed by atoms with van der Waals surface area (Å²) in [5.74, 6) is -0.910. The van der Waals surface area contributed by atoms with Crippen LogP contribution in [0.2, 0.25) is 0 Å². The van der Waals surface area contributed by atoms with Gasteiger partial charge in [0.1, 0.15) is 18.2 Å². The van der Waals surface area contributed by atoms with Gasteiger partial charge in [0, 0.05) is 0 Å². The zero-order valence-electron chi connectivity index (χ0n) is 24.1. The lowest BCUT2D eigenvalue weighted by molar-refractivity contribution is -0.155. The van der Waals surface area contributed by atoms with E-state index in [1.165, 1.54) is 12.1 Å². The lowest BCUT2D eigenvalue weighted by Crippen LogP contribution is -2.39. The van der Waals surface area contributed by atoms with E-state index < -0.39 is 42.7 Å². The highest BCUT2D eigenvalue weighted by Crippen LogP contribution is 2.30. The third-order valence-electron chi connectivity index (χ3n) is 5.55. The lowest BCUT2D eigenvalue weighted by atomic mass is 10.1. The standard InChI is InChI=1S/C28H43NO11/c1-6-9-14-34-26(31)38-20(5)19(4)37-25(30)22(29)17-21-12-13-23(39-27(32)35-15-10-7-2)24(18-21)40-28(33)36-16-11-8-3/h12-13,18-20,22H,6-11,14-17,29H2,1-5H3/t19-,20?,22-/m0/s1. The Labute approximate surface area is 235 Å². The number of benzene rings is 1. The Morgan fingerprint density at radius 1 is 0.700 bits per heavy atom. The highest BCUT2D eigenvalue weighted by molar-refractivity contribution is 5.76. The Morgan fingerprint density at radius 3 is 1.70 bits per heavy atom. The van der Waals surface area contributed by atoms with Crippen LogP contribution in [-0.2, 0) is 34.9 Å². The van der Waals surface area contributed by atoms with Crippen LogP contribution in [0.3, 0.4) is 0 Å². The first-order chi connectivity index (χ1) is 19.1. The Morgan fingerprint density at radius 2 is 1.18 bits per heavy atom. The number of carbonyl (C=O) groups excluding carboxylic acids is 4. The fraction of sp³-hybridized carbons (Fsp3) is 0.643. The van der Waals surface area contributed by atoms with Gasteiger partial charge in [-0.3, -0.25) is 4.79 Å². The minimum atomic E-state index is -1.10. The van der Waals surface area contributed by atoms with Crippen molar-refractivity contribution in [1.82, 2.24) is 0 Å². The van der Waals surface area contributed by atoms with Crippen molar-refractivity contribution in [2.75, 3.05) is 19.8 Å². The van der Waals surface area contributed by atoms with Crippen molar-refractivity contribution in [1.29, 1.82) is 0 Å². The Kier molecular flexibility index (Phi) is 16.8. The maximum absolute atomic E-state index is 12.6. The van der Waals surface area contributed by atoms with Gasteiger partial charge >= 0.3 is 24.4 Å². The summed E-state index contributed by atoms with van der Waals surface area (Å²) in [6.07, 6.45) is 0.232. The number of nitrogens with two attached hydrogens (primary N) is 1. The maximum atomic E-state index is 12.6. The monoisotopic (exact) mass is 569 g/mol. The van der Waals surface area contributed by atoms with E-state index >= 15 is 0 Å². The average Bonchev–Trinajstić information content (AvgIpc) is 2.90. The minimum absolute atomic E-state index is 0.00230. The normalized spacial score (nSPS) is 12.8. The molecule has 0 aliphatic heterocycles. The molecule has 1 rings (SSSR count). The number of hydrogen-bond donors (Lipinski definition) is 1. The van der Waals surface area contributed by atoms with E-state index in [1.54, 1.807) is 19.9 Å². The third-order valence-corrected chi connectivity index (χ3v) is 5.55. The first-order valence-electron chi connectivity index (χ1n) is 13.7. The lowest BCUT2D eigenvalue weighted by Gasteiger charge is -2.22. The van der Waals surface area contributed by atoms with Crippen molar-refractivity contribution in [3.63, 3.8) is 0 Å². The van der Waals surface area contributed by atoms with Gasteiger partial charge in [-0.15, -0.1) is 0 Å². The summed E-state index contributed by atoms with van der Waals surface area (Å²) < 4.78 is 35.9. The predicted molar refractivity (Wildman–Crippen MR) is 144 cm³/mol. The van der Waals surface area contributed by atoms with Crippen molar-refractivity contribution >= 4 is 24.4 Å². The maximum Gasteiger partial charge on any atom is 0.513 e. The zero-order valence-corrected chi connectivity index (χ0v) is 24.1. The molecule has 0 fully saturated rings. The van der Waals surface area contributed by atoms with Crippen LogP contribution in [-0.4, -0.2) is 62.5 Å². The molecule has 0 saturated carbocycles. The van der Waals surface area contributed by atoms with E-state index in [0.29, 0.717) is 24.8 Å². The smallest absolute Gasteiger partial charge is 0.458 e. The van der Waals surface area contributed by atoms with Crippen molar-refractivity contribution < 1.29 is 52.3 Å². The molecule has 0 bridgehead atoms. The molecular formula is C28H43NO11. The molecule has 40 heavy (non-hydrogen) atoms. The molecular weight excluding hydrogens is 526 g/mol. The quantitative estimate of drug-likeness (QED) is 0.109. The van der Waals surface area contributed by atoms with Gasteiger partial charge in [0.05, 0.1) is 19.8 Å². The highest BCUT2D eigenvalue weighted by atomic mass is 16.7. The van der Waals surface area contributed by atoms with Crippen LogP contribution in [0.1, 0.15) is 78.7 Å². The second-order valence-corrected chi connectivity index (χ2v) is 9.12. The number of ether oxygens (including phenoxy) is 7. The number of carbonyl (C=O) groups is 4. The second-order valence-electron chi connectivity index (χ2n) is 9.12. The van der Waals surface area contributed by atoms with Gasteiger partial charge in [-0.1, -0.05) is 46.1 Å². The summed E-state index contributed by atoms with van der Waals surface area (Å²) in [5, 5.41) is 0. The van der Waals surface area contributed by atoms with Crippen LogP contribution in [0.5, 0.6) is 11.5 Å². The topological polar surface area (TPSA) is 159 Å².